The van der Waals surface area contributed by atoms with Crippen molar-refractivity contribution >= 4 is 22.8 Å². The fourth-order valence-corrected chi connectivity index (χ4v) is 4.83. The predicted octanol–water partition coefficient (Wildman–Crippen LogP) is 6.97. The zero-order chi connectivity index (χ0) is 29.1. The van der Waals surface area contributed by atoms with Crippen LogP contribution in [0.4, 0.5) is 11.6 Å². The van der Waals surface area contributed by atoms with Crippen molar-refractivity contribution in [2.45, 2.75) is 20.4 Å². The largest absolute Gasteiger partial charge is 0.497 e. The molecule has 1 N–H and O–H groups in total. The van der Waals surface area contributed by atoms with Gasteiger partial charge < -0.3 is 19.4 Å². The van der Waals surface area contributed by atoms with Gasteiger partial charge >= 0.3 is 0 Å². The minimum atomic E-state index is 0.344. The molecule has 0 saturated carbocycles. The van der Waals surface area contributed by atoms with Crippen LogP contribution in [0.1, 0.15) is 22.3 Å². The number of imidazole rings is 1. The van der Waals surface area contributed by atoms with Gasteiger partial charge in [-0.05, 0) is 90.2 Å². The summed E-state index contributed by atoms with van der Waals surface area (Å²) in [5.41, 5.74) is 7.60. The number of benzene rings is 3. The molecule has 0 aliphatic rings. The van der Waals surface area contributed by atoms with E-state index in [0.717, 1.165) is 39.3 Å². The standard InChI is InChI=1S/C33H27N7O2/c1-21-16-24(18-34)17-22(2)29(21)37-33-38-31-30(40(20-36-31)19-23-4-8-27(41-3)9-5-23)32(39-33)42-28-10-6-25(7-11-28)26-12-14-35-15-13-26/h4-17,20H,19H2,1-3H3,(H,37,38,39). The fraction of sp³-hybridized carbons (Fsp3) is 0.121. The average Bonchev–Trinajstić information content (AvgIpc) is 3.42. The summed E-state index contributed by atoms with van der Waals surface area (Å²) in [6, 6.07) is 25.5. The zero-order valence-electron chi connectivity index (χ0n) is 23.4. The SMILES string of the molecule is COc1ccc(Cn2cnc3nc(Nc4c(C)cc(C#N)cc4C)nc(Oc4ccc(-c5ccncc5)cc4)c32)cc1. The van der Waals surface area contributed by atoms with Crippen LogP contribution in [0.5, 0.6) is 17.4 Å². The third-order valence-corrected chi connectivity index (χ3v) is 6.93. The Hall–Kier alpha value is -5.75. The van der Waals surface area contributed by atoms with Crippen LogP contribution in [0.3, 0.4) is 0 Å². The Labute approximate surface area is 243 Å². The number of hydrogen-bond acceptors (Lipinski definition) is 8. The van der Waals surface area contributed by atoms with Crippen LogP contribution in [0, 0.1) is 25.2 Å². The first-order valence-corrected chi connectivity index (χ1v) is 13.3. The third-order valence-electron chi connectivity index (χ3n) is 6.93. The van der Waals surface area contributed by atoms with Crippen LogP contribution in [0.2, 0.25) is 0 Å². The highest BCUT2D eigenvalue weighted by molar-refractivity contribution is 5.79. The van der Waals surface area contributed by atoms with Crippen molar-refractivity contribution in [1.29, 1.82) is 5.26 Å². The number of aryl methyl sites for hydroxylation is 2. The van der Waals surface area contributed by atoms with Crippen LogP contribution in [0.25, 0.3) is 22.3 Å². The highest BCUT2D eigenvalue weighted by Crippen LogP contribution is 2.32. The van der Waals surface area contributed by atoms with Gasteiger partial charge in [-0.15, -0.1) is 0 Å². The van der Waals surface area contributed by atoms with Gasteiger partial charge in [0.25, 0.3) is 5.88 Å². The smallest absolute Gasteiger partial charge is 0.250 e. The molecule has 0 atom stereocenters. The third kappa shape index (κ3) is 5.46. The summed E-state index contributed by atoms with van der Waals surface area (Å²) in [6.07, 6.45) is 5.28. The summed E-state index contributed by atoms with van der Waals surface area (Å²) >= 11 is 0. The Morgan fingerprint density at radius 1 is 0.857 bits per heavy atom. The van der Waals surface area contributed by atoms with Crippen molar-refractivity contribution in [3.8, 4) is 34.6 Å². The number of anilines is 2. The van der Waals surface area contributed by atoms with Crippen molar-refractivity contribution in [2.75, 3.05) is 12.4 Å². The number of fused-ring (bicyclic) bond motifs is 1. The van der Waals surface area contributed by atoms with Crippen LogP contribution >= 0.6 is 0 Å². The molecule has 3 heterocycles. The first-order valence-electron chi connectivity index (χ1n) is 13.3. The zero-order valence-corrected chi connectivity index (χ0v) is 23.4. The molecule has 0 amide bonds. The van der Waals surface area contributed by atoms with E-state index in [2.05, 4.69) is 21.4 Å². The normalized spacial score (nSPS) is 10.8. The summed E-state index contributed by atoms with van der Waals surface area (Å²) < 4.78 is 13.7. The molecule has 6 rings (SSSR count). The second kappa shape index (κ2) is 11.4. The molecule has 0 aliphatic carbocycles. The van der Waals surface area contributed by atoms with Gasteiger partial charge in [-0.25, -0.2) is 4.98 Å². The van der Waals surface area contributed by atoms with Gasteiger partial charge in [0, 0.05) is 24.6 Å². The maximum Gasteiger partial charge on any atom is 0.250 e. The first kappa shape index (κ1) is 26.5. The van der Waals surface area contributed by atoms with E-state index in [0.29, 0.717) is 40.8 Å². The molecule has 6 aromatic rings. The molecule has 9 heteroatoms. The van der Waals surface area contributed by atoms with Crippen molar-refractivity contribution in [3.05, 3.63) is 114 Å². The summed E-state index contributed by atoms with van der Waals surface area (Å²) in [5, 5.41) is 12.7. The molecule has 0 radical (unpaired) electrons. The molecule has 206 valence electrons. The molecule has 0 unspecified atom stereocenters. The van der Waals surface area contributed by atoms with Gasteiger partial charge in [0.15, 0.2) is 11.2 Å². The Morgan fingerprint density at radius 2 is 1.52 bits per heavy atom. The van der Waals surface area contributed by atoms with Gasteiger partial charge in [-0.3, -0.25) is 4.98 Å². The van der Waals surface area contributed by atoms with E-state index in [9.17, 15) is 5.26 Å². The van der Waals surface area contributed by atoms with Crippen molar-refractivity contribution in [2.24, 2.45) is 0 Å². The lowest BCUT2D eigenvalue weighted by molar-refractivity contribution is 0.414. The molecule has 3 aromatic carbocycles. The minimum absolute atomic E-state index is 0.344. The number of nitrogens with one attached hydrogen (secondary N) is 1. The second-order valence-corrected chi connectivity index (χ2v) is 9.83. The quantitative estimate of drug-likeness (QED) is 0.215. The van der Waals surface area contributed by atoms with Crippen LogP contribution in [-0.2, 0) is 6.54 Å². The van der Waals surface area contributed by atoms with Crippen molar-refractivity contribution < 1.29 is 9.47 Å². The predicted molar refractivity (Wildman–Crippen MR) is 161 cm³/mol. The Morgan fingerprint density at radius 3 is 2.19 bits per heavy atom. The lowest BCUT2D eigenvalue weighted by Gasteiger charge is -2.14. The summed E-state index contributed by atoms with van der Waals surface area (Å²) in [7, 11) is 1.65. The number of methoxy groups -OCH3 is 1. The first-order chi connectivity index (χ1) is 20.5. The molecule has 0 saturated heterocycles. The number of ether oxygens (including phenoxy) is 2. The number of aromatic nitrogens is 5. The fourth-order valence-electron chi connectivity index (χ4n) is 4.83. The van der Waals surface area contributed by atoms with Gasteiger partial charge in [0.2, 0.25) is 5.95 Å². The van der Waals surface area contributed by atoms with E-state index in [1.54, 1.807) is 25.8 Å². The van der Waals surface area contributed by atoms with E-state index >= 15 is 0 Å². The van der Waals surface area contributed by atoms with Crippen LogP contribution in [0.15, 0.2) is 91.5 Å². The highest BCUT2D eigenvalue weighted by Gasteiger charge is 2.18. The van der Waals surface area contributed by atoms with E-state index in [1.165, 1.54) is 0 Å². The van der Waals surface area contributed by atoms with Crippen LogP contribution < -0.4 is 14.8 Å². The van der Waals surface area contributed by atoms with Crippen LogP contribution in [-0.4, -0.2) is 31.6 Å². The molecule has 0 fully saturated rings. The Bertz CT molecular complexity index is 1890. The topological polar surface area (TPSA) is 111 Å². The van der Waals surface area contributed by atoms with E-state index in [1.807, 2.05) is 91.2 Å². The second-order valence-electron chi connectivity index (χ2n) is 9.83. The number of nitrogens with zero attached hydrogens (tertiary/aromatic N) is 6. The maximum absolute atomic E-state index is 9.35. The molecule has 0 aliphatic heterocycles. The van der Waals surface area contributed by atoms with E-state index in [4.69, 9.17) is 19.4 Å². The summed E-state index contributed by atoms with van der Waals surface area (Å²) in [4.78, 5) is 18.2. The van der Waals surface area contributed by atoms with Crippen molar-refractivity contribution in [1.82, 2.24) is 24.5 Å². The number of pyridine rings is 1. The highest BCUT2D eigenvalue weighted by atomic mass is 16.5. The van der Waals surface area contributed by atoms with E-state index < -0.39 is 0 Å². The Kier molecular flexibility index (Phi) is 7.18. The number of nitriles is 1. The molecule has 3 aromatic heterocycles. The van der Waals surface area contributed by atoms with E-state index in [-0.39, 0.29) is 0 Å². The molecular weight excluding hydrogens is 526 g/mol. The molecule has 9 nitrogen and oxygen atoms in total. The van der Waals surface area contributed by atoms with Gasteiger partial charge in [-0.1, -0.05) is 24.3 Å². The summed E-state index contributed by atoms with van der Waals surface area (Å²) in [6.45, 7) is 4.43. The van der Waals surface area contributed by atoms with Gasteiger partial charge in [-0.2, -0.15) is 15.2 Å². The average molecular weight is 554 g/mol. The lowest BCUT2D eigenvalue weighted by atomic mass is 10.1. The molecule has 0 spiro atoms. The molecule has 0 bridgehead atoms. The maximum atomic E-state index is 9.35. The van der Waals surface area contributed by atoms with Crippen molar-refractivity contribution in [3.63, 3.8) is 0 Å². The summed E-state index contributed by atoms with van der Waals surface area (Å²) in [5.74, 6) is 2.13. The number of hydrogen-bond donors (Lipinski definition) is 1. The minimum Gasteiger partial charge on any atom is -0.497 e. The molecular formula is C33H27N7O2. The number of rotatable bonds is 8. The van der Waals surface area contributed by atoms with Gasteiger partial charge in [0.1, 0.15) is 11.5 Å². The Balaban J connectivity index is 1.39. The monoisotopic (exact) mass is 553 g/mol. The molecule has 42 heavy (non-hydrogen) atoms. The lowest BCUT2D eigenvalue weighted by Crippen LogP contribution is -2.05. The van der Waals surface area contributed by atoms with Gasteiger partial charge in [0.05, 0.1) is 25.1 Å².